The number of aromatic carboxylic acids is 1. The number of carbonyl (C=O) groups excluding carboxylic acids is 3. The molecular formula is C99H109ClF12N26O11. The van der Waals surface area contributed by atoms with Gasteiger partial charge in [-0.2, -0.15) is 73.7 Å². The summed E-state index contributed by atoms with van der Waals surface area (Å²) in [5, 5.41) is 57.8. The summed E-state index contributed by atoms with van der Waals surface area (Å²) < 4.78 is 174. The van der Waals surface area contributed by atoms with Gasteiger partial charge in [-0.25, -0.2) is 44.7 Å². The van der Waals surface area contributed by atoms with Crippen LogP contribution in [-0.4, -0.2) is 251 Å². The van der Waals surface area contributed by atoms with Gasteiger partial charge in [0.25, 0.3) is 23.3 Å². The van der Waals surface area contributed by atoms with Gasteiger partial charge in [0.15, 0.2) is 39.8 Å². The highest BCUT2D eigenvalue weighted by Crippen LogP contribution is 2.35. The normalized spacial score (nSPS) is 13.9. The Hall–Kier alpha value is -15.0. The number of aromatic nitrogens is 12. The molecule has 15 heterocycles. The van der Waals surface area contributed by atoms with Crippen LogP contribution in [0.25, 0.3) is 22.6 Å². The highest BCUT2D eigenvalue weighted by Gasteiger charge is 2.36. The fourth-order valence-electron chi connectivity index (χ4n) is 14.8. The highest BCUT2D eigenvalue weighted by atomic mass is 35.5. The maximum Gasteiger partial charge on any atom is 0.416 e. The summed E-state index contributed by atoms with van der Waals surface area (Å²) in [6.07, 6.45) is -9.50. The second-order valence-electron chi connectivity index (χ2n) is 33.7. The molecule has 50 heteroatoms. The van der Waals surface area contributed by atoms with Gasteiger partial charge >= 0.3 is 30.7 Å². The maximum absolute atomic E-state index is 13.0. The summed E-state index contributed by atoms with van der Waals surface area (Å²) >= 11 is 0. The summed E-state index contributed by atoms with van der Waals surface area (Å²) in [5.74, 6) is -4.11. The van der Waals surface area contributed by atoms with E-state index in [1.165, 1.54) is 0 Å². The zero-order valence-electron chi connectivity index (χ0n) is 82.0. The molecule has 0 aromatic carbocycles. The third-order valence-electron chi connectivity index (χ3n) is 22.8. The van der Waals surface area contributed by atoms with Crippen LogP contribution in [0.15, 0.2) is 115 Å². The number of aliphatic hydroxyl groups is 1. The minimum absolute atomic E-state index is 0. The van der Waals surface area contributed by atoms with E-state index in [4.69, 9.17) is 67.9 Å². The van der Waals surface area contributed by atoms with E-state index in [9.17, 15) is 81.9 Å². The molecule has 3 amide bonds. The molecule has 0 bridgehead atoms. The molecule has 0 aliphatic carbocycles. The third kappa shape index (κ3) is 36.2. The quantitative estimate of drug-likeness (QED) is 0.0269. The number of nitrogens with one attached hydrogen (secondary N) is 3. The predicted molar refractivity (Wildman–Crippen MR) is 525 cm³/mol. The number of H-pyrrole nitrogens is 1. The van der Waals surface area contributed by atoms with Crippen molar-refractivity contribution in [2.24, 2.45) is 5.73 Å². The van der Waals surface area contributed by atoms with Gasteiger partial charge in [0.2, 0.25) is 0 Å². The number of carboxylic acids is 1. The molecule has 0 unspecified atom stereocenters. The smallest absolute Gasteiger partial charge is 0.416 e. The number of rotatable bonds is 23. The molecule has 37 nitrogen and oxygen atoms in total. The van der Waals surface area contributed by atoms with E-state index in [-0.39, 0.29) is 64.5 Å². The van der Waals surface area contributed by atoms with Crippen LogP contribution in [0.4, 0.5) is 81.1 Å². The van der Waals surface area contributed by atoms with Gasteiger partial charge in [-0.05, 0) is 166 Å². The van der Waals surface area contributed by atoms with E-state index in [0.29, 0.717) is 158 Å². The van der Waals surface area contributed by atoms with Crippen LogP contribution < -0.4 is 39.1 Å². The van der Waals surface area contributed by atoms with Crippen LogP contribution in [0.5, 0.6) is 0 Å². The summed E-state index contributed by atoms with van der Waals surface area (Å²) in [6, 6.07) is 24.7. The van der Waals surface area contributed by atoms with E-state index < -0.39 is 93.3 Å². The fraction of sp³-hybridized carbons (Fsp3) is 0.394. The molecule has 4 fully saturated rings. The molecule has 792 valence electrons. The number of aliphatic hydroxyl groups excluding tert-OH is 1. The van der Waals surface area contributed by atoms with Crippen molar-refractivity contribution in [3.05, 3.63) is 255 Å². The maximum atomic E-state index is 13.0. The van der Waals surface area contributed by atoms with Crippen LogP contribution in [-0.2, 0) is 82.2 Å². The number of pyridine rings is 10. The second kappa shape index (κ2) is 56.2. The number of fused-ring (bicyclic) bond motifs is 1. The van der Waals surface area contributed by atoms with Crippen molar-refractivity contribution >= 4 is 75.6 Å². The van der Waals surface area contributed by atoms with Crippen LogP contribution in [0, 0.1) is 86.9 Å². The number of hydrogen-bond donors (Lipinski definition) is 9. The number of nitrogens with zero attached hydrogens (tertiary/aromatic N) is 19. The van der Waals surface area contributed by atoms with Crippen molar-refractivity contribution in [3.63, 3.8) is 0 Å². The monoisotopic (exact) mass is 2100 g/mol. The lowest BCUT2D eigenvalue weighted by Crippen LogP contribution is -2.37. The first-order valence-electron chi connectivity index (χ1n) is 46.1. The van der Waals surface area contributed by atoms with Gasteiger partial charge in [-0.15, -0.1) is 12.4 Å². The Kier molecular flexibility index (Phi) is 45.0. The SMILES string of the molecule is CCCc1cc(C)c(N)c(C#N)n1.Cc1cc(CCN2CCOCC2)nc(C#N)c1N.Cc1cc(CCN2CCOCC2)nc(C#N)c1NC(=O)c1cc(C(F)(F)F)ccn1.Cc1cc(CCN2CCOCC2)nc(C(N)=O)c1NC(=O)c1cc(C(F)(F)F)ccn1.Cc1cc(CCN2CCOCC2)nc2c(=O)[nH]c(-c3cc(C(F)(F)F)ccn3)nc12.Cc1cc(CCO)nc(C#N)c1N.Cl.O=C(O)c1cc(C(F)(F)F)ccn1. The van der Waals surface area contributed by atoms with Gasteiger partial charge in [-0.3, -0.25) is 53.7 Å². The number of ether oxygens (including phenoxy) is 4. The lowest BCUT2D eigenvalue weighted by molar-refractivity contribution is -0.138. The number of hydrogen-bond acceptors (Lipinski definition) is 32. The van der Waals surface area contributed by atoms with E-state index in [1.807, 2.05) is 63.2 Å². The Balaban J connectivity index is 0.000000218. The number of amides is 3. The Morgan fingerprint density at radius 3 is 1.07 bits per heavy atom. The van der Waals surface area contributed by atoms with Crippen molar-refractivity contribution in [1.82, 2.24) is 79.4 Å². The fourth-order valence-corrected chi connectivity index (χ4v) is 14.8. The zero-order chi connectivity index (χ0) is 108. The van der Waals surface area contributed by atoms with Crippen molar-refractivity contribution < 1.29 is 101 Å². The van der Waals surface area contributed by atoms with Crippen LogP contribution in [0.1, 0.15) is 168 Å². The summed E-state index contributed by atoms with van der Waals surface area (Å²) in [7, 11) is 0. The largest absolute Gasteiger partial charge is 0.477 e. The van der Waals surface area contributed by atoms with Gasteiger partial charge in [0.05, 0.1) is 109 Å². The van der Waals surface area contributed by atoms with E-state index in [0.717, 1.165) is 193 Å². The van der Waals surface area contributed by atoms with Crippen LogP contribution in [0.3, 0.4) is 0 Å². The molecule has 13 N–H and O–H groups in total. The summed E-state index contributed by atoms with van der Waals surface area (Å²) in [4.78, 5) is 116. The van der Waals surface area contributed by atoms with Crippen molar-refractivity contribution in [2.45, 2.75) is 118 Å². The first-order valence-corrected chi connectivity index (χ1v) is 46.1. The lowest BCUT2D eigenvalue weighted by atomic mass is 10.1. The van der Waals surface area contributed by atoms with Crippen molar-refractivity contribution in [3.8, 4) is 35.8 Å². The molecule has 0 saturated carbocycles. The average Bonchev–Trinajstić information content (AvgIpc) is 0.773. The lowest BCUT2D eigenvalue weighted by Gasteiger charge is -2.26. The molecule has 0 spiro atoms. The number of carboxylic acid groups (broad SMARTS) is 1. The number of aromatic amines is 1. The molecule has 0 radical (unpaired) electrons. The number of nitrogens with two attached hydrogens (primary N) is 4. The molecule has 11 aromatic rings. The average molecular weight is 2100 g/mol. The van der Waals surface area contributed by atoms with Crippen LogP contribution >= 0.6 is 12.4 Å². The molecule has 4 aliphatic rings. The number of primary amides is 1. The Labute approximate surface area is 853 Å². The minimum Gasteiger partial charge on any atom is -0.477 e. The molecule has 11 aromatic heterocycles. The first-order chi connectivity index (χ1) is 70.2. The second-order valence-corrected chi connectivity index (χ2v) is 33.7. The van der Waals surface area contributed by atoms with Gasteiger partial charge < -0.3 is 67.7 Å². The third-order valence-corrected chi connectivity index (χ3v) is 22.8. The zero-order valence-corrected chi connectivity index (χ0v) is 82.8. The predicted octanol–water partition coefficient (Wildman–Crippen LogP) is 12.5. The van der Waals surface area contributed by atoms with Gasteiger partial charge in [0, 0.05) is 176 Å². The Morgan fingerprint density at radius 1 is 0.409 bits per heavy atom. The minimum atomic E-state index is -4.62. The molecular weight excluding hydrogens is 1990 g/mol. The first kappa shape index (κ1) is 119. The molecule has 149 heavy (non-hydrogen) atoms. The topological polar surface area (TPSA) is 557 Å². The number of nitriles is 4. The van der Waals surface area contributed by atoms with Gasteiger partial charge in [0.1, 0.15) is 47.1 Å². The number of anilines is 5. The summed E-state index contributed by atoms with van der Waals surface area (Å²) in [5.41, 5.74) is 28.8. The number of alkyl halides is 12. The standard InChI is InChI=1S/C20H22F3N5O3.2C20H20F3N5O2.C13H18N4O.C10H13N3.C9H11N3O.C7H4F3NO2.ClH/c1-12-10-14(3-5-28-6-8-31-9-7-28)26-17(18(24)29)16(12)27-19(30)15-11-13(2-4-25-15)20(21,22)23;1-12-10-14(3-5-28-6-8-30-9-7-28)25-17-16(12)26-18(27-19(17)29)15-11-13(2-4-24-15)20(21,22)23;1-13-10-15(3-5-28-6-8-30-9-7-28)26-17(12-24)18(13)27-19(29)16-11-14(2-4-25-16)20(21,22)23;1-10-8-11(16-12(9-14)13(10)15)2-3-17-4-6-18-7-5-17;1-3-4-8-5-7(2)10(12)9(6-11)13-8;1-6-4-7(2-3-13)12-8(5-10)9(6)11;8-7(9,10)4-1-2-11-5(3-4)6(12)13;/h2,4,10-11H,3,5-9H2,1H3,(H2,24,29)(H,27,30);2,4,10-11H,3,5-9H2,1H3,(H,26,27,29);2,4,10-11H,3,5-9H2,1H3,(H,27,29);8H,2-7,15H2,1H3;5H,3-4,12H2,1-2H3;4,13H,2-3,11H2,1H3;1-3H,(H,12,13);1H. The van der Waals surface area contributed by atoms with E-state index in [2.05, 4.69) is 97.0 Å². The molecule has 0 atom stereocenters. The van der Waals surface area contributed by atoms with Crippen LogP contribution in [0.2, 0.25) is 0 Å². The Bertz CT molecular complexity index is 6640. The molecule has 4 saturated heterocycles. The van der Waals surface area contributed by atoms with E-state index >= 15 is 0 Å². The van der Waals surface area contributed by atoms with Gasteiger partial charge in [-0.1, -0.05) is 13.3 Å². The number of carbonyl (C=O) groups is 4. The van der Waals surface area contributed by atoms with Crippen molar-refractivity contribution in [2.75, 3.05) is 166 Å². The number of halogens is 13. The molecule has 4 aliphatic heterocycles. The van der Waals surface area contributed by atoms with E-state index in [1.54, 1.807) is 39.0 Å². The summed E-state index contributed by atoms with van der Waals surface area (Å²) in [6.45, 7) is 28.8. The number of aryl methyl sites for hydroxylation is 7. The molecule has 15 rings (SSSR count). The number of nitrogen functional groups attached to an aromatic ring is 3. The highest BCUT2D eigenvalue weighted by molar-refractivity contribution is 6.08. The number of morpholine rings is 4. The van der Waals surface area contributed by atoms with Crippen molar-refractivity contribution in [1.29, 1.82) is 21.0 Å². The Morgan fingerprint density at radius 2 is 0.718 bits per heavy atom.